The van der Waals surface area contributed by atoms with Crippen LogP contribution in [0, 0.1) is 5.82 Å². The van der Waals surface area contributed by atoms with Gasteiger partial charge < -0.3 is 0 Å². The summed E-state index contributed by atoms with van der Waals surface area (Å²) in [4.78, 5) is -0.0944. The molecule has 3 rings (SSSR count). The molecule has 0 heterocycles. The Morgan fingerprint density at radius 1 is 1.13 bits per heavy atom. The third-order valence-corrected chi connectivity index (χ3v) is 6.37. The average molecular weight is 354 g/mol. The molecule has 1 aliphatic carbocycles. The molecule has 0 atom stereocenters. The standard InChI is InChI=1S/C17H17ClFNO2S/c18-15-11-14(19)7-8-16(15)23(21,22)20-12-17(9-4-10-17)13-5-2-1-3-6-13/h1-3,5-8,11,20H,4,9-10,12H2. The normalized spacial score (nSPS) is 16.8. The summed E-state index contributed by atoms with van der Waals surface area (Å²) in [5, 5.41) is -0.111. The maximum Gasteiger partial charge on any atom is 0.242 e. The van der Waals surface area contributed by atoms with Gasteiger partial charge in [-0.2, -0.15) is 0 Å². The van der Waals surface area contributed by atoms with E-state index in [1.54, 1.807) is 0 Å². The second-order valence-electron chi connectivity index (χ2n) is 5.90. The van der Waals surface area contributed by atoms with Crippen LogP contribution in [-0.2, 0) is 15.4 Å². The van der Waals surface area contributed by atoms with Crippen molar-refractivity contribution in [3.8, 4) is 0 Å². The van der Waals surface area contributed by atoms with E-state index in [-0.39, 0.29) is 15.3 Å². The molecule has 0 saturated heterocycles. The number of nitrogens with one attached hydrogen (secondary N) is 1. The van der Waals surface area contributed by atoms with Crippen molar-refractivity contribution in [1.82, 2.24) is 4.72 Å². The van der Waals surface area contributed by atoms with Gasteiger partial charge >= 0.3 is 0 Å². The van der Waals surface area contributed by atoms with Gasteiger partial charge in [-0.05, 0) is 36.6 Å². The molecule has 23 heavy (non-hydrogen) atoms. The van der Waals surface area contributed by atoms with E-state index in [0.29, 0.717) is 6.54 Å². The SMILES string of the molecule is O=S(=O)(NCC1(c2ccccc2)CCC1)c1ccc(F)cc1Cl. The van der Waals surface area contributed by atoms with Crippen LogP contribution < -0.4 is 4.72 Å². The molecule has 0 aliphatic heterocycles. The van der Waals surface area contributed by atoms with Gasteiger partial charge in [-0.25, -0.2) is 17.5 Å². The zero-order valence-corrected chi connectivity index (χ0v) is 14.0. The van der Waals surface area contributed by atoms with Crippen LogP contribution in [0.2, 0.25) is 5.02 Å². The van der Waals surface area contributed by atoms with Crippen LogP contribution in [0.25, 0.3) is 0 Å². The second-order valence-corrected chi connectivity index (χ2v) is 8.04. The van der Waals surface area contributed by atoms with E-state index in [2.05, 4.69) is 4.72 Å². The van der Waals surface area contributed by atoms with E-state index in [1.807, 2.05) is 30.3 Å². The minimum absolute atomic E-state index is 0.0944. The fourth-order valence-corrected chi connectivity index (χ4v) is 4.62. The third-order valence-electron chi connectivity index (χ3n) is 4.48. The van der Waals surface area contributed by atoms with Crippen LogP contribution in [0.15, 0.2) is 53.4 Å². The summed E-state index contributed by atoms with van der Waals surface area (Å²) in [6.45, 7) is 0.313. The minimum Gasteiger partial charge on any atom is -0.210 e. The van der Waals surface area contributed by atoms with Gasteiger partial charge in [0.15, 0.2) is 0 Å². The maximum atomic E-state index is 13.1. The number of hydrogen-bond acceptors (Lipinski definition) is 2. The molecule has 0 radical (unpaired) electrons. The monoisotopic (exact) mass is 353 g/mol. The van der Waals surface area contributed by atoms with E-state index in [4.69, 9.17) is 11.6 Å². The second kappa shape index (κ2) is 6.23. The Labute approximate surface area is 140 Å². The first-order chi connectivity index (χ1) is 10.9. The quantitative estimate of drug-likeness (QED) is 0.886. The van der Waals surface area contributed by atoms with E-state index in [9.17, 15) is 12.8 Å². The summed E-state index contributed by atoms with van der Waals surface area (Å²) < 4.78 is 40.7. The Hall–Kier alpha value is -1.43. The van der Waals surface area contributed by atoms with Gasteiger partial charge in [-0.3, -0.25) is 0 Å². The van der Waals surface area contributed by atoms with Crippen molar-refractivity contribution in [2.45, 2.75) is 29.6 Å². The predicted molar refractivity (Wildman–Crippen MR) is 88.6 cm³/mol. The van der Waals surface area contributed by atoms with Crippen molar-refractivity contribution in [2.24, 2.45) is 0 Å². The van der Waals surface area contributed by atoms with E-state index in [0.717, 1.165) is 37.0 Å². The summed E-state index contributed by atoms with van der Waals surface area (Å²) in [5.41, 5.74) is 0.972. The lowest BCUT2D eigenvalue weighted by atomic mass is 9.64. The summed E-state index contributed by atoms with van der Waals surface area (Å²) in [6, 6.07) is 13.2. The molecule has 0 unspecified atom stereocenters. The van der Waals surface area contributed by atoms with Gasteiger partial charge in [0.25, 0.3) is 0 Å². The molecule has 6 heteroatoms. The molecule has 2 aromatic carbocycles. The van der Waals surface area contributed by atoms with Crippen molar-refractivity contribution in [2.75, 3.05) is 6.54 Å². The predicted octanol–water partition coefficient (Wildman–Crippen LogP) is 3.88. The first kappa shape index (κ1) is 16.4. The van der Waals surface area contributed by atoms with E-state index < -0.39 is 15.8 Å². The van der Waals surface area contributed by atoms with Crippen LogP contribution in [0.5, 0.6) is 0 Å². The topological polar surface area (TPSA) is 46.2 Å². The number of rotatable bonds is 5. The Kier molecular flexibility index (Phi) is 4.45. The molecule has 1 saturated carbocycles. The van der Waals surface area contributed by atoms with Gasteiger partial charge in [0, 0.05) is 12.0 Å². The molecule has 1 fully saturated rings. The number of hydrogen-bond donors (Lipinski definition) is 1. The smallest absolute Gasteiger partial charge is 0.210 e. The van der Waals surface area contributed by atoms with E-state index in [1.165, 1.54) is 6.07 Å². The maximum absolute atomic E-state index is 13.1. The van der Waals surface area contributed by atoms with Crippen molar-refractivity contribution in [3.63, 3.8) is 0 Å². The Morgan fingerprint density at radius 2 is 1.83 bits per heavy atom. The van der Waals surface area contributed by atoms with Crippen LogP contribution in [0.1, 0.15) is 24.8 Å². The van der Waals surface area contributed by atoms with Crippen LogP contribution in [0.4, 0.5) is 4.39 Å². The molecular weight excluding hydrogens is 337 g/mol. The highest BCUT2D eigenvalue weighted by atomic mass is 35.5. The van der Waals surface area contributed by atoms with Crippen LogP contribution >= 0.6 is 11.6 Å². The first-order valence-electron chi connectivity index (χ1n) is 7.43. The number of halogens is 2. The fraction of sp³-hybridized carbons (Fsp3) is 0.294. The fourth-order valence-electron chi connectivity index (χ4n) is 2.97. The number of sulfonamides is 1. The van der Waals surface area contributed by atoms with Crippen molar-refractivity contribution in [1.29, 1.82) is 0 Å². The Bertz CT molecular complexity index is 805. The molecule has 1 N–H and O–H groups in total. The minimum atomic E-state index is -3.77. The third kappa shape index (κ3) is 3.27. The molecule has 0 bridgehead atoms. The largest absolute Gasteiger partial charge is 0.242 e. The lowest BCUT2D eigenvalue weighted by Crippen LogP contribution is -2.45. The summed E-state index contributed by atoms with van der Waals surface area (Å²) in [7, 11) is -3.77. The molecule has 0 amide bonds. The molecule has 122 valence electrons. The zero-order valence-electron chi connectivity index (χ0n) is 12.4. The highest BCUT2D eigenvalue weighted by Crippen LogP contribution is 2.43. The van der Waals surface area contributed by atoms with Gasteiger partial charge in [0.2, 0.25) is 10.0 Å². The van der Waals surface area contributed by atoms with Gasteiger partial charge in [0.1, 0.15) is 10.7 Å². The summed E-state index contributed by atoms with van der Waals surface area (Å²) in [6.07, 6.45) is 2.96. The van der Waals surface area contributed by atoms with Crippen LogP contribution in [0.3, 0.4) is 0 Å². The number of benzene rings is 2. The lowest BCUT2D eigenvalue weighted by Gasteiger charge is -2.42. The summed E-state index contributed by atoms with van der Waals surface area (Å²) >= 11 is 5.87. The molecule has 0 spiro atoms. The summed E-state index contributed by atoms with van der Waals surface area (Å²) in [5.74, 6) is -0.561. The zero-order chi connectivity index (χ0) is 16.5. The highest BCUT2D eigenvalue weighted by Gasteiger charge is 2.39. The molecule has 0 aromatic heterocycles. The van der Waals surface area contributed by atoms with Crippen molar-refractivity contribution < 1.29 is 12.8 Å². The van der Waals surface area contributed by atoms with Crippen LogP contribution in [-0.4, -0.2) is 15.0 Å². The van der Waals surface area contributed by atoms with Crippen molar-refractivity contribution in [3.05, 3.63) is 64.9 Å². The average Bonchev–Trinajstić information content (AvgIpc) is 2.46. The molecular formula is C17H17ClFNO2S. The van der Waals surface area contributed by atoms with E-state index >= 15 is 0 Å². The van der Waals surface area contributed by atoms with Crippen molar-refractivity contribution >= 4 is 21.6 Å². The lowest BCUT2D eigenvalue weighted by molar-refractivity contribution is 0.245. The Balaban J connectivity index is 1.81. The highest BCUT2D eigenvalue weighted by molar-refractivity contribution is 7.89. The Morgan fingerprint density at radius 3 is 2.39 bits per heavy atom. The molecule has 2 aromatic rings. The molecule has 3 nitrogen and oxygen atoms in total. The first-order valence-corrected chi connectivity index (χ1v) is 9.29. The van der Waals surface area contributed by atoms with Gasteiger partial charge in [0.05, 0.1) is 5.02 Å². The van der Waals surface area contributed by atoms with Gasteiger partial charge in [-0.1, -0.05) is 48.4 Å². The van der Waals surface area contributed by atoms with Gasteiger partial charge in [-0.15, -0.1) is 0 Å². The molecule has 1 aliphatic rings.